The fraction of sp³-hybridized carbons (Fsp3) is 0.133. The van der Waals surface area contributed by atoms with E-state index >= 15 is 0 Å². The van der Waals surface area contributed by atoms with Crippen molar-refractivity contribution in [3.05, 3.63) is 58.7 Å². The van der Waals surface area contributed by atoms with Gasteiger partial charge in [0.05, 0.1) is 28.9 Å². The highest BCUT2D eigenvalue weighted by Gasteiger charge is 2.35. The summed E-state index contributed by atoms with van der Waals surface area (Å²) in [6.07, 6.45) is 1.18. The highest BCUT2D eigenvalue weighted by molar-refractivity contribution is 6.21. The molecule has 0 saturated carbocycles. The quantitative estimate of drug-likeness (QED) is 0.856. The van der Waals surface area contributed by atoms with Gasteiger partial charge in [0.25, 0.3) is 11.8 Å². The van der Waals surface area contributed by atoms with E-state index in [0.717, 1.165) is 4.90 Å². The minimum Gasteiger partial charge on any atom is -0.478 e. The van der Waals surface area contributed by atoms with E-state index in [-0.39, 0.29) is 23.6 Å². The predicted molar refractivity (Wildman–Crippen MR) is 74.4 cm³/mol. The maximum atomic E-state index is 12.2. The van der Waals surface area contributed by atoms with Crippen LogP contribution in [0.3, 0.4) is 0 Å². The Labute approximate surface area is 125 Å². The fourth-order valence-corrected chi connectivity index (χ4v) is 2.33. The van der Waals surface area contributed by atoms with E-state index in [1.807, 2.05) is 0 Å². The van der Waals surface area contributed by atoms with Crippen molar-refractivity contribution in [1.29, 1.82) is 0 Å². The lowest BCUT2D eigenvalue weighted by Gasteiger charge is -2.13. The van der Waals surface area contributed by atoms with Crippen LogP contribution in [0.5, 0.6) is 0 Å². The molecule has 0 spiro atoms. The van der Waals surface area contributed by atoms with E-state index in [2.05, 4.69) is 9.97 Å². The molecule has 2 amide bonds. The molecule has 0 aliphatic carbocycles. The number of hydrogen-bond acceptors (Lipinski definition) is 5. The normalized spacial score (nSPS) is 13.4. The highest BCUT2D eigenvalue weighted by Crippen LogP contribution is 2.23. The van der Waals surface area contributed by atoms with Gasteiger partial charge >= 0.3 is 5.97 Å². The Morgan fingerprint density at radius 2 is 1.77 bits per heavy atom. The monoisotopic (exact) mass is 297 g/mol. The number of carboxylic acids is 1. The van der Waals surface area contributed by atoms with Gasteiger partial charge in [0.2, 0.25) is 0 Å². The average Bonchev–Trinajstić information content (AvgIpc) is 2.73. The van der Waals surface area contributed by atoms with E-state index in [9.17, 15) is 14.4 Å². The molecule has 0 unspecified atom stereocenters. The van der Waals surface area contributed by atoms with Crippen molar-refractivity contribution in [2.24, 2.45) is 0 Å². The zero-order valence-electron chi connectivity index (χ0n) is 11.6. The van der Waals surface area contributed by atoms with Crippen LogP contribution in [0.15, 0.2) is 30.5 Å². The maximum absolute atomic E-state index is 12.2. The van der Waals surface area contributed by atoms with Crippen molar-refractivity contribution in [2.75, 3.05) is 0 Å². The van der Waals surface area contributed by atoms with Crippen LogP contribution in [0.1, 0.15) is 42.6 Å². The summed E-state index contributed by atoms with van der Waals surface area (Å²) < 4.78 is 0. The number of amides is 2. The molecule has 1 aromatic carbocycles. The van der Waals surface area contributed by atoms with Gasteiger partial charge in [-0.2, -0.15) is 0 Å². The Balaban J connectivity index is 1.89. The highest BCUT2D eigenvalue weighted by atomic mass is 16.4. The second kappa shape index (κ2) is 5.03. The second-order valence-corrected chi connectivity index (χ2v) is 4.83. The van der Waals surface area contributed by atoms with Crippen LogP contribution in [0.25, 0.3) is 0 Å². The molecule has 2 heterocycles. The molecule has 2 aromatic rings. The number of aryl methyl sites for hydroxylation is 1. The number of carbonyl (C=O) groups excluding carboxylic acids is 2. The van der Waals surface area contributed by atoms with Crippen LogP contribution >= 0.6 is 0 Å². The summed E-state index contributed by atoms with van der Waals surface area (Å²) in [4.78, 5) is 44.4. The van der Waals surface area contributed by atoms with Gasteiger partial charge in [-0.05, 0) is 19.1 Å². The summed E-state index contributed by atoms with van der Waals surface area (Å²) in [6, 6.07) is 6.57. The molecule has 22 heavy (non-hydrogen) atoms. The van der Waals surface area contributed by atoms with Crippen molar-refractivity contribution < 1.29 is 19.5 Å². The molecule has 0 bridgehead atoms. The van der Waals surface area contributed by atoms with Crippen LogP contribution < -0.4 is 0 Å². The Morgan fingerprint density at radius 3 is 2.27 bits per heavy atom. The summed E-state index contributed by atoms with van der Waals surface area (Å²) in [7, 11) is 0. The molecule has 0 atom stereocenters. The van der Waals surface area contributed by atoms with Crippen molar-refractivity contribution in [2.45, 2.75) is 13.5 Å². The molecular weight excluding hydrogens is 286 g/mol. The number of hydrogen-bond donors (Lipinski definition) is 1. The van der Waals surface area contributed by atoms with Crippen LogP contribution in [0.4, 0.5) is 0 Å². The van der Waals surface area contributed by atoms with E-state index in [1.165, 1.54) is 13.1 Å². The lowest BCUT2D eigenvalue weighted by molar-refractivity contribution is 0.0633. The fourth-order valence-electron chi connectivity index (χ4n) is 2.33. The number of aromatic nitrogens is 2. The molecule has 7 heteroatoms. The smallest absolute Gasteiger partial charge is 0.339 e. The van der Waals surface area contributed by atoms with E-state index < -0.39 is 17.8 Å². The van der Waals surface area contributed by atoms with Gasteiger partial charge in [-0.3, -0.25) is 14.5 Å². The lowest BCUT2D eigenvalue weighted by Crippen LogP contribution is -2.30. The van der Waals surface area contributed by atoms with Crippen molar-refractivity contribution in [3.8, 4) is 0 Å². The molecule has 0 saturated heterocycles. The zero-order chi connectivity index (χ0) is 15.9. The first-order valence-corrected chi connectivity index (χ1v) is 6.50. The van der Waals surface area contributed by atoms with Gasteiger partial charge in [-0.1, -0.05) is 12.1 Å². The van der Waals surface area contributed by atoms with Gasteiger partial charge in [-0.15, -0.1) is 0 Å². The molecule has 1 aliphatic heterocycles. The third kappa shape index (κ3) is 2.12. The molecule has 0 fully saturated rings. The van der Waals surface area contributed by atoms with Crippen molar-refractivity contribution in [1.82, 2.24) is 14.9 Å². The van der Waals surface area contributed by atoms with Gasteiger partial charge in [-0.25, -0.2) is 14.8 Å². The number of imide groups is 1. The standard InChI is InChI=1S/C15H11N3O4/c1-8-11(15(21)22)6-16-12(17-8)7-18-13(19)9-4-2-3-5-10(9)14(18)20/h2-6H,7H2,1H3,(H,21,22). The van der Waals surface area contributed by atoms with E-state index in [0.29, 0.717) is 11.1 Å². The second-order valence-electron chi connectivity index (χ2n) is 4.83. The van der Waals surface area contributed by atoms with Gasteiger partial charge < -0.3 is 5.11 Å². The minimum atomic E-state index is -1.12. The third-order valence-corrected chi connectivity index (χ3v) is 3.44. The molecule has 7 nitrogen and oxygen atoms in total. The molecular formula is C15H11N3O4. The molecule has 110 valence electrons. The van der Waals surface area contributed by atoms with Crippen LogP contribution in [0, 0.1) is 6.92 Å². The number of aromatic carboxylic acids is 1. The lowest BCUT2D eigenvalue weighted by atomic mass is 10.1. The maximum Gasteiger partial charge on any atom is 0.339 e. The Bertz CT molecular complexity index is 781. The summed E-state index contributed by atoms with van der Waals surface area (Å²) in [5.74, 6) is -1.70. The average molecular weight is 297 g/mol. The summed E-state index contributed by atoms with van der Waals surface area (Å²) in [5, 5.41) is 8.94. The molecule has 1 aromatic heterocycles. The zero-order valence-corrected chi connectivity index (χ0v) is 11.6. The van der Waals surface area contributed by atoms with Gasteiger partial charge in [0, 0.05) is 6.20 Å². The molecule has 0 radical (unpaired) electrons. The van der Waals surface area contributed by atoms with Crippen molar-refractivity contribution >= 4 is 17.8 Å². The number of carbonyl (C=O) groups is 3. The summed E-state index contributed by atoms with van der Waals surface area (Å²) in [6.45, 7) is 1.45. The van der Waals surface area contributed by atoms with Gasteiger partial charge in [0.15, 0.2) is 0 Å². The first kappa shape index (κ1) is 13.9. The van der Waals surface area contributed by atoms with Gasteiger partial charge in [0.1, 0.15) is 5.82 Å². The molecule has 3 rings (SSSR count). The number of fused-ring (bicyclic) bond motifs is 1. The topological polar surface area (TPSA) is 100 Å². The Morgan fingerprint density at radius 1 is 1.18 bits per heavy atom. The molecule has 1 N–H and O–H groups in total. The summed E-state index contributed by atoms with van der Waals surface area (Å²) in [5.41, 5.74) is 0.984. The predicted octanol–water partition coefficient (Wildman–Crippen LogP) is 1.28. The van der Waals surface area contributed by atoms with E-state index in [1.54, 1.807) is 24.3 Å². The first-order valence-electron chi connectivity index (χ1n) is 6.50. The first-order chi connectivity index (χ1) is 10.5. The minimum absolute atomic E-state index is 0.00823. The Hall–Kier alpha value is -3.09. The van der Waals surface area contributed by atoms with Crippen LogP contribution in [-0.2, 0) is 6.54 Å². The number of nitrogens with zero attached hydrogens (tertiary/aromatic N) is 3. The van der Waals surface area contributed by atoms with Crippen LogP contribution in [-0.4, -0.2) is 37.8 Å². The van der Waals surface area contributed by atoms with E-state index in [4.69, 9.17) is 5.11 Å². The third-order valence-electron chi connectivity index (χ3n) is 3.44. The number of carboxylic acid groups (broad SMARTS) is 1. The number of benzene rings is 1. The number of rotatable bonds is 3. The summed E-state index contributed by atoms with van der Waals surface area (Å²) >= 11 is 0. The largest absolute Gasteiger partial charge is 0.478 e. The Kier molecular flexibility index (Phi) is 3.17. The SMILES string of the molecule is Cc1nc(CN2C(=O)c3ccccc3C2=O)ncc1C(=O)O. The van der Waals surface area contributed by atoms with Crippen LogP contribution in [0.2, 0.25) is 0 Å². The molecule has 1 aliphatic rings. The van der Waals surface area contributed by atoms with Crippen molar-refractivity contribution in [3.63, 3.8) is 0 Å².